The predicted molar refractivity (Wildman–Crippen MR) is 44.1 cm³/mol. The molecule has 0 aliphatic heterocycles. The second kappa shape index (κ2) is 3.48. The van der Waals surface area contributed by atoms with Gasteiger partial charge in [-0.15, -0.1) is 0 Å². The molecule has 78 valence electrons. The zero-order valence-corrected chi connectivity index (χ0v) is 8.17. The molecule has 0 aliphatic rings. The average molecular weight is 272 g/mol. The largest absolute Gasteiger partial charge is 0.449 e. The summed E-state index contributed by atoms with van der Waals surface area (Å²) < 4.78 is 36.4. The van der Waals surface area contributed by atoms with Crippen LogP contribution >= 0.6 is 15.9 Å². The van der Waals surface area contributed by atoms with Crippen molar-refractivity contribution >= 4 is 15.9 Å². The fourth-order valence-corrected chi connectivity index (χ4v) is 1.09. The zero-order valence-electron chi connectivity index (χ0n) is 6.59. The summed E-state index contributed by atoms with van der Waals surface area (Å²) in [6.45, 7) is 0. The van der Waals surface area contributed by atoms with Gasteiger partial charge in [0.1, 0.15) is 10.3 Å². The van der Waals surface area contributed by atoms with E-state index >= 15 is 0 Å². The minimum absolute atomic E-state index is 0.0896. The number of pyridine rings is 1. The molecule has 2 N–H and O–H groups in total. The minimum atomic E-state index is -5.18. The second-order valence-corrected chi connectivity index (χ2v) is 3.33. The van der Waals surface area contributed by atoms with Gasteiger partial charge in [-0.3, -0.25) is 0 Å². The van der Waals surface area contributed by atoms with Crippen LogP contribution in [0.2, 0.25) is 0 Å². The van der Waals surface area contributed by atoms with Gasteiger partial charge in [0.15, 0.2) is 0 Å². The fraction of sp³-hybridized carbons (Fsp3) is 0.286. The number of halogens is 4. The van der Waals surface area contributed by atoms with E-state index in [0.717, 1.165) is 6.07 Å². The van der Waals surface area contributed by atoms with E-state index in [0.29, 0.717) is 0 Å². The molecule has 0 fully saturated rings. The molecule has 0 aromatic carbocycles. The predicted octanol–water partition coefficient (Wildman–Crippen LogP) is 1.54. The molecule has 1 aromatic rings. The average Bonchev–Trinajstić information content (AvgIpc) is 2.02. The smallest absolute Gasteiger partial charge is 0.354 e. The number of nitrogens with zero attached hydrogens (tertiary/aromatic N) is 1. The summed E-state index contributed by atoms with van der Waals surface area (Å²) in [5.74, 6) is -3.92. The number of hydrogen-bond donors (Lipinski definition) is 2. The van der Waals surface area contributed by atoms with Gasteiger partial charge >= 0.3 is 12.0 Å². The highest BCUT2D eigenvalue weighted by atomic mass is 79.9. The maximum atomic E-state index is 12.1. The Bertz CT molecular complexity index is 340. The van der Waals surface area contributed by atoms with Gasteiger partial charge in [-0.25, -0.2) is 4.98 Å². The maximum absolute atomic E-state index is 12.1. The van der Waals surface area contributed by atoms with Crippen molar-refractivity contribution in [2.24, 2.45) is 0 Å². The summed E-state index contributed by atoms with van der Waals surface area (Å²) >= 11 is 2.82. The third kappa shape index (κ3) is 2.05. The van der Waals surface area contributed by atoms with Gasteiger partial charge in [-0.1, -0.05) is 6.07 Å². The molecule has 3 nitrogen and oxygen atoms in total. The molecule has 1 rings (SSSR count). The van der Waals surface area contributed by atoms with Crippen LogP contribution in [0.1, 0.15) is 5.69 Å². The molecule has 0 aliphatic carbocycles. The Hall–Kier alpha value is -0.660. The van der Waals surface area contributed by atoms with Gasteiger partial charge < -0.3 is 10.2 Å². The summed E-state index contributed by atoms with van der Waals surface area (Å²) in [5.41, 5.74) is -0.876. The molecular formula is C7H5BrF3NO2. The maximum Gasteiger partial charge on any atom is 0.449 e. The summed E-state index contributed by atoms with van der Waals surface area (Å²) in [6, 6.07) is 3.47. The van der Waals surface area contributed by atoms with Crippen molar-refractivity contribution in [1.82, 2.24) is 4.98 Å². The van der Waals surface area contributed by atoms with Crippen molar-refractivity contribution in [3.05, 3.63) is 28.5 Å². The Morgan fingerprint density at radius 3 is 2.21 bits per heavy atom. The normalized spacial score (nSPS) is 13.0. The van der Waals surface area contributed by atoms with Crippen LogP contribution in [0.4, 0.5) is 13.2 Å². The summed E-state index contributed by atoms with van der Waals surface area (Å²) in [5, 5.41) is 17.6. The summed E-state index contributed by atoms with van der Waals surface area (Å²) in [7, 11) is 0. The molecule has 1 heterocycles. The topological polar surface area (TPSA) is 53.4 Å². The van der Waals surface area contributed by atoms with E-state index in [2.05, 4.69) is 20.9 Å². The second-order valence-electron chi connectivity index (χ2n) is 2.52. The molecule has 1 aromatic heterocycles. The van der Waals surface area contributed by atoms with Gasteiger partial charge in [0.05, 0.1) is 0 Å². The summed E-state index contributed by atoms with van der Waals surface area (Å²) in [4.78, 5) is 3.31. The first-order valence-electron chi connectivity index (χ1n) is 3.39. The number of aromatic nitrogens is 1. The van der Waals surface area contributed by atoms with Crippen molar-refractivity contribution < 1.29 is 23.4 Å². The molecule has 0 saturated carbocycles. The highest BCUT2D eigenvalue weighted by molar-refractivity contribution is 9.10. The standard InChI is InChI=1S/C7H5BrF3NO2/c8-5-3-1-2-4(12-5)6(13,14)7(9,10)11/h1-3,13-14H. The quantitative estimate of drug-likeness (QED) is 0.602. The van der Waals surface area contributed by atoms with E-state index in [9.17, 15) is 13.2 Å². The van der Waals surface area contributed by atoms with Gasteiger partial charge in [-0.2, -0.15) is 13.2 Å². The van der Waals surface area contributed by atoms with E-state index in [-0.39, 0.29) is 4.60 Å². The fourth-order valence-electron chi connectivity index (χ4n) is 0.748. The third-order valence-electron chi connectivity index (χ3n) is 1.47. The number of aliphatic hydroxyl groups is 2. The number of rotatable bonds is 1. The van der Waals surface area contributed by atoms with Crippen LogP contribution in [0.25, 0.3) is 0 Å². The Morgan fingerprint density at radius 1 is 1.21 bits per heavy atom. The zero-order chi connectivity index (χ0) is 11.0. The Kier molecular flexibility index (Phi) is 2.84. The van der Waals surface area contributed by atoms with Crippen LogP contribution in [0.15, 0.2) is 22.8 Å². The van der Waals surface area contributed by atoms with E-state index in [1.54, 1.807) is 0 Å². The lowest BCUT2D eigenvalue weighted by Gasteiger charge is -2.23. The van der Waals surface area contributed by atoms with Gasteiger partial charge in [-0.05, 0) is 28.1 Å². The van der Waals surface area contributed by atoms with Crippen molar-refractivity contribution in [3.8, 4) is 0 Å². The highest BCUT2D eigenvalue weighted by Gasteiger charge is 2.55. The van der Waals surface area contributed by atoms with E-state index in [4.69, 9.17) is 10.2 Å². The van der Waals surface area contributed by atoms with E-state index in [1.165, 1.54) is 12.1 Å². The first kappa shape index (κ1) is 11.4. The molecule has 0 unspecified atom stereocenters. The Balaban J connectivity index is 3.16. The molecule has 7 heteroatoms. The molecule has 0 saturated heterocycles. The first-order chi connectivity index (χ1) is 6.25. The van der Waals surface area contributed by atoms with E-state index < -0.39 is 17.7 Å². The van der Waals surface area contributed by atoms with Crippen molar-refractivity contribution in [2.75, 3.05) is 0 Å². The Morgan fingerprint density at radius 2 is 1.79 bits per heavy atom. The minimum Gasteiger partial charge on any atom is -0.354 e. The first-order valence-corrected chi connectivity index (χ1v) is 4.19. The lowest BCUT2D eigenvalue weighted by atomic mass is 10.1. The number of hydrogen-bond acceptors (Lipinski definition) is 3. The van der Waals surface area contributed by atoms with Crippen LogP contribution in [0.5, 0.6) is 0 Å². The molecule has 0 amide bonds. The molecule has 0 radical (unpaired) electrons. The highest BCUT2D eigenvalue weighted by Crippen LogP contribution is 2.35. The summed E-state index contributed by atoms with van der Waals surface area (Å²) in [6.07, 6.45) is -5.18. The molecular weight excluding hydrogens is 267 g/mol. The SMILES string of the molecule is OC(O)(c1cccc(Br)n1)C(F)(F)F. The number of alkyl halides is 3. The van der Waals surface area contributed by atoms with Crippen LogP contribution in [-0.4, -0.2) is 21.4 Å². The van der Waals surface area contributed by atoms with Crippen LogP contribution < -0.4 is 0 Å². The monoisotopic (exact) mass is 271 g/mol. The van der Waals surface area contributed by atoms with Gasteiger partial charge in [0.2, 0.25) is 0 Å². The van der Waals surface area contributed by atoms with Crippen LogP contribution in [-0.2, 0) is 5.79 Å². The van der Waals surface area contributed by atoms with Gasteiger partial charge in [0, 0.05) is 0 Å². The Labute approximate surface area is 85.3 Å². The lowest BCUT2D eigenvalue weighted by Crippen LogP contribution is -2.42. The molecule has 14 heavy (non-hydrogen) atoms. The third-order valence-corrected chi connectivity index (χ3v) is 1.91. The van der Waals surface area contributed by atoms with Crippen LogP contribution in [0.3, 0.4) is 0 Å². The van der Waals surface area contributed by atoms with Crippen molar-refractivity contribution in [2.45, 2.75) is 12.0 Å². The van der Waals surface area contributed by atoms with Gasteiger partial charge in [0.25, 0.3) is 0 Å². The molecule has 0 spiro atoms. The van der Waals surface area contributed by atoms with Crippen molar-refractivity contribution in [1.29, 1.82) is 0 Å². The lowest BCUT2D eigenvalue weighted by molar-refractivity contribution is -0.360. The molecule has 0 bridgehead atoms. The van der Waals surface area contributed by atoms with Crippen LogP contribution in [0, 0.1) is 0 Å². The molecule has 0 atom stereocenters. The van der Waals surface area contributed by atoms with Crippen molar-refractivity contribution in [3.63, 3.8) is 0 Å². The van der Waals surface area contributed by atoms with E-state index in [1.807, 2.05) is 0 Å².